The number of nitrogens with two attached hydrogens (primary N) is 1. The normalized spacial score (nSPS) is 11.1. The van der Waals surface area contributed by atoms with Crippen LogP contribution >= 0.6 is 0 Å². The summed E-state index contributed by atoms with van der Waals surface area (Å²) in [4.78, 5) is 11.0. The van der Waals surface area contributed by atoms with Crippen LogP contribution in [0.4, 0.5) is 5.69 Å². The standard InChI is InChI=1S/C14H14N2O4S/c1-9-3-2-4-10(7-9)16-21(19,20)11-5-6-13(17)12(8-11)14(15)18/h2-8,16-17H,1H3,(H2,15,18). The number of amides is 1. The first kappa shape index (κ1) is 14.9. The molecule has 2 rings (SSSR count). The number of anilines is 1. The number of rotatable bonds is 4. The van der Waals surface area contributed by atoms with Crippen molar-refractivity contribution in [2.75, 3.05) is 4.72 Å². The Balaban J connectivity index is 2.40. The lowest BCUT2D eigenvalue weighted by Gasteiger charge is -2.10. The first-order valence-corrected chi connectivity index (χ1v) is 7.50. The molecule has 0 aliphatic carbocycles. The summed E-state index contributed by atoms with van der Waals surface area (Å²) in [5.74, 6) is -1.27. The molecule has 0 bridgehead atoms. The van der Waals surface area contributed by atoms with E-state index in [2.05, 4.69) is 4.72 Å². The van der Waals surface area contributed by atoms with Crippen LogP contribution in [0.3, 0.4) is 0 Å². The molecular formula is C14H14N2O4S. The van der Waals surface area contributed by atoms with Crippen LogP contribution in [0.25, 0.3) is 0 Å². The second-order valence-corrected chi connectivity index (χ2v) is 6.20. The minimum atomic E-state index is -3.87. The molecule has 7 heteroatoms. The average molecular weight is 306 g/mol. The summed E-state index contributed by atoms with van der Waals surface area (Å²) >= 11 is 0. The van der Waals surface area contributed by atoms with Gasteiger partial charge in [0.1, 0.15) is 5.75 Å². The fourth-order valence-corrected chi connectivity index (χ4v) is 2.88. The lowest BCUT2D eigenvalue weighted by atomic mass is 10.2. The van der Waals surface area contributed by atoms with Crippen LogP contribution in [0, 0.1) is 6.92 Å². The summed E-state index contributed by atoms with van der Waals surface area (Å²) in [6.45, 7) is 1.84. The quantitative estimate of drug-likeness (QED) is 0.797. The van der Waals surface area contributed by atoms with E-state index >= 15 is 0 Å². The van der Waals surface area contributed by atoms with Gasteiger partial charge in [-0.25, -0.2) is 8.42 Å². The van der Waals surface area contributed by atoms with E-state index in [0.29, 0.717) is 5.69 Å². The lowest BCUT2D eigenvalue weighted by molar-refractivity contribution is 0.0997. The minimum Gasteiger partial charge on any atom is -0.507 e. The maximum absolute atomic E-state index is 12.3. The zero-order valence-electron chi connectivity index (χ0n) is 11.2. The van der Waals surface area contributed by atoms with Crippen LogP contribution in [-0.2, 0) is 10.0 Å². The topological polar surface area (TPSA) is 109 Å². The zero-order chi connectivity index (χ0) is 15.6. The molecule has 0 heterocycles. The van der Waals surface area contributed by atoms with Crippen molar-refractivity contribution in [2.24, 2.45) is 5.73 Å². The molecule has 0 radical (unpaired) electrons. The Kier molecular flexibility index (Phi) is 3.86. The van der Waals surface area contributed by atoms with Gasteiger partial charge in [0.15, 0.2) is 0 Å². The van der Waals surface area contributed by atoms with E-state index in [0.717, 1.165) is 17.7 Å². The van der Waals surface area contributed by atoms with Crippen molar-refractivity contribution in [3.63, 3.8) is 0 Å². The number of primary amides is 1. The van der Waals surface area contributed by atoms with Crippen molar-refractivity contribution in [3.8, 4) is 5.75 Å². The van der Waals surface area contributed by atoms with Gasteiger partial charge in [0, 0.05) is 5.69 Å². The predicted molar refractivity (Wildman–Crippen MR) is 78.6 cm³/mol. The highest BCUT2D eigenvalue weighted by molar-refractivity contribution is 7.92. The molecular weight excluding hydrogens is 292 g/mol. The third-order valence-electron chi connectivity index (χ3n) is 2.81. The fraction of sp³-hybridized carbons (Fsp3) is 0.0714. The number of carbonyl (C=O) groups excluding carboxylic acids is 1. The Morgan fingerprint density at radius 1 is 1.19 bits per heavy atom. The van der Waals surface area contributed by atoms with Crippen LogP contribution < -0.4 is 10.5 Å². The molecule has 0 atom stereocenters. The molecule has 0 fully saturated rings. The molecule has 0 saturated heterocycles. The van der Waals surface area contributed by atoms with Gasteiger partial charge in [0.2, 0.25) is 0 Å². The van der Waals surface area contributed by atoms with Gasteiger partial charge in [0.25, 0.3) is 15.9 Å². The van der Waals surface area contributed by atoms with Gasteiger partial charge < -0.3 is 10.8 Å². The van der Waals surface area contributed by atoms with Gasteiger partial charge in [-0.05, 0) is 42.8 Å². The monoisotopic (exact) mass is 306 g/mol. The Bertz CT molecular complexity index is 800. The van der Waals surface area contributed by atoms with Crippen LogP contribution in [0.2, 0.25) is 0 Å². The van der Waals surface area contributed by atoms with E-state index in [1.165, 1.54) is 6.07 Å². The molecule has 2 aromatic carbocycles. The van der Waals surface area contributed by atoms with Gasteiger partial charge in [0.05, 0.1) is 10.5 Å². The molecule has 0 spiro atoms. The number of aromatic hydroxyl groups is 1. The van der Waals surface area contributed by atoms with E-state index in [1.807, 2.05) is 13.0 Å². The summed E-state index contributed by atoms with van der Waals surface area (Å²) in [5.41, 5.74) is 6.14. The highest BCUT2D eigenvalue weighted by Gasteiger charge is 2.18. The van der Waals surface area contributed by atoms with E-state index < -0.39 is 15.9 Å². The molecule has 110 valence electrons. The van der Waals surface area contributed by atoms with Crippen molar-refractivity contribution in [3.05, 3.63) is 53.6 Å². The molecule has 0 saturated carbocycles. The van der Waals surface area contributed by atoms with Gasteiger partial charge in [-0.1, -0.05) is 12.1 Å². The number of hydrogen-bond acceptors (Lipinski definition) is 4. The number of sulfonamides is 1. The highest BCUT2D eigenvalue weighted by Crippen LogP contribution is 2.23. The number of nitrogens with one attached hydrogen (secondary N) is 1. The summed E-state index contributed by atoms with van der Waals surface area (Å²) in [6, 6.07) is 10.2. The van der Waals surface area contributed by atoms with Gasteiger partial charge in [-0.3, -0.25) is 9.52 Å². The molecule has 0 aromatic heterocycles. The largest absolute Gasteiger partial charge is 0.507 e. The highest BCUT2D eigenvalue weighted by atomic mass is 32.2. The molecule has 21 heavy (non-hydrogen) atoms. The first-order valence-electron chi connectivity index (χ1n) is 6.02. The molecule has 6 nitrogen and oxygen atoms in total. The molecule has 1 amide bonds. The summed E-state index contributed by atoms with van der Waals surface area (Å²) in [6.07, 6.45) is 0. The van der Waals surface area contributed by atoms with E-state index in [4.69, 9.17) is 5.73 Å². The Labute approximate surface area is 122 Å². The van der Waals surface area contributed by atoms with Crippen LogP contribution in [0.15, 0.2) is 47.4 Å². The number of carbonyl (C=O) groups is 1. The fourth-order valence-electron chi connectivity index (χ4n) is 1.80. The van der Waals surface area contributed by atoms with E-state index in [1.54, 1.807) is 18.2 Å². The zero-order valence-corrected chi connectivity index (χ0v) is 12.0. The van der Waals surface area contributed by atoms with Gasteiger partial charge in [-0.2, -0.15) is 0 Å². The Morgan fingerprint density at radius 3 is 2.52 bits per heavy atom. The smallest absolute Gasteiger partial charge is 0.261 e. The predicted octanol–water partition coefficient (Wildman–Crippen LogP) is 1.60. The van der Waals surface area contributed by atoms with Crippen molar-refractivity contribution >= 4 is 21.6 Å². The summed E-state index contributed by atoms with van der Waals surface area (Å²) in [5, 5.41) is 9.48. The van der Waals surface area contributed by atoms with Crippen molar-refractivity contribution in [1.82, 2.24) is 0 Å². The third kappa shape index (κ3) is 3.32. The second kappa shape index (κ2) is 5.45. The first-order chi connectivity index (χ1) is 9.79. The third-order valence-corrected chi connectivity index (χ3v) is 4.19. The van der Waals surface area contributed by atoms with E-state index in [9.17, 15) is 18.3 Å². The number of hydrogen-bond donors (Lipinski definition) is 3. The Morgan fingerprint density at radius 2 is 1.90 bits per heavy atom. The number of benzene rings is 2. The average Bonchev–Trinajstić information content (AvgIpc) is 2.38. The van der Waals surface area contributed by atoms with Crippen LogP contribution in [0.5, 0.6) is 5.75 Å². The summed E-state index contributed by atoms with van der Waals surface area (Å²) in [7, 11) is -3.87. The lowest BCUT2D eigenvalue weighted by Crippen LogP contribution is -2.16. The molecule has 2 aromatic rings. The van der Waals surface area contributed by atoms with Gasteiger partial charge in [-0.15, -0.1) is 0 Å². The molecule has 0 unspecified atom stereocenters. The van der Waals surface area contributed by atoms with Crippen molar-refractivity contribution in [2.45, 2.75) is 11.8 Å². The molecule has 0 aliphatic rings. The Hall–Kier alpha value is -2.54. The maximum Gasteiger partial charge on any atom is 0.261 e. The SMILES string of the molecule is Cc1cccc(NS(=O)(=O)c2ccc(O)c(C(N)=O)c2)c1. The minimum absolute atomic E-state index is 0.157. The van der Waals surface area contributed by atoms with Crippen molar-refractivity contribution in [1.29, 1.82) is 0 Å². The van der Waals surface area contributed by atoms with Gasteiger partial charge >= 0.3 is 0 Å². The summed E-state index contributed by atoms with van der Waals surface area (Å²) < 4.78 is 26.9. The van der Waals surface area contributed by atoms with Crippen LogP contribution in [-0.4, -0.2) is 19.4 Å². The maximum atomic E-state index is 12.3. The molecule has 4 N–H and O–H groups in total. The van der Waals surface area contributed by atoms with Crippen LogP contribution in [0.1, 0.15) is 15.9 Å². The second-order valence-electron chi connectivity index (χ2n) is 4.52. The molecule has 0 aliphatic heterocycles. The number of aryl methyl sites for hydroxylation is 1. The number of phenols is 1. The van der Waals surface area contributed by atoms with E-state index in [-0.39, 0.29) is 16.2 Å². The van der Waals surface area contributed by atoms with Crippen molar-refractivity contribution < 1.29 is 18.3 Å².